The van der Waals surface area contributed by atoms with Crippen molar-refractivity contribution in [2.75, 3.05) is 0 Å². The van der Waals surface area contributed by atoms with Crippen molar-refractivity contribution >= 4 is 29.6 Å². The Bertz CT molecular complexity index is 437. The number of rotatable bonds is 3. The van der Waals surface area contributed by atoms with Gasteiger partial charge in [-0.15, -0.1) is 0 Å². The molecule has 0 atom stereocenters. The topological polar surface area (TPSA) is 77.4 Å². The van der Waals surface area contributed by atoms with Gasteiger partial charge < -0.3 is 15.0 Å². The first-order valence-electron chi connectivity index (χ1n) is 3.92. The summed E-state index contributed by atoms with van der Waals surface area (Å²) in [6, 6.07) is 4.01. The molecule has 5 heteroatoms. The Labute approximate surface area is 90.4 Å². The molecule has 0 aromatic heterocycles. The molecule has 0 radical (unpaired) electrons. The maximum absolute atomic E-state index is 10.6. The summed E-state index contributed by atoms with van der Waals surface area (Å²) in [4.78, 5) is 20.9. The molecule has 0 heterocycles. The van der Waals surface area contributed by atoms with E-state index in [-0.39, 0.29) is 11.1 Å². The van der Waals surface area contributed by atoms with E-state index in [0.717, 1.165) is 12.2 Å². The Morgan fingerprint density at radius 3 is 2.60 bits per heavy atom. The van der Waals surface area contributed by atoms with E-state index in [1.165, 1.54) is 18.2 Å². The van der Waals surface area contributed by atoms with E-state index in [4.69, 9.17) is 16.7 Å². The highest BCUT2D eigenvalue weighted by atomic mass is 35.5. The Hall–Kier alpha value is -1.81. The van der Waals surface area contributed by atoms with Gasteiger partial charge in [-0.3, -0.25) is 0 Å². The SMILES string of the molecule is O=C(O)/C=C/c1cc(Cl)ccc1C(=O)[O-]. The van der Waals surface area contributed by atoms with Crippen molar-refractivity contribution in [2.45, 2.75) is 0 Å². The Kier molecular flexibility index (Phi) is 3.46. The van der Waals surface area contributed by atoms with Gasteiger partial charge in [-0.25, -0.2) is 4.79 Å². The predicted octanol–water partition coefficient (Wildman–Crippen LogP) is 0.801. The third-order valence-electron chi connectivity index (χ3n) is 1.64. The van der Waals surface area contributed by atoms with Crippen molar-refractivity contribution in [3.05, 3.63) is 40.4 Å². The lowest BCUT2D eigenvalue weighted by Crippen LogP contribution is -2.23. The number of hydrogen-bond donors (Lipinski definition) is 1. The standard InChI is InChI=1S/C10H7ClO4/c11-7-2-3-8(10(14)15)6(5-7)1-4-9(12)13/h1-5H,(H,12,13)(H,14,15)/p-1/b4-1+. The minimum atomic E-state index is -1.38. The van der Waals surface area contributed by atoms with Crippen LogP contribution in [0.25, 0.3) is 6.08 Å². The van der Waals surface area contributed by atoms with E-state index >= 15 is 0 Å². The van der Waals surface area contributed by atoms with E-state index in [2.05, 4.69) is 0 Å². The Morgan fingerprint density at radius 1 is 1.40 bits per heavy atom. The molecule has 0 saturated carbocycles. The van der Waals surface area contributed by atoms with Gasteiger partial charge in [0, 0.05) is 16.7 Å². The minimum absolute atomic E-state index is 0.100. The molecule has 0 aliphatic carbocycles. The summed E-state index contributed by atoms with van der Waals surface area (Å²) in [5.74, 6) is -2.55. The van der Waals surface area contributed by atoms with Gasteiger partial charge in [-0.1, -0.05) is 17.7 Å². The van der Waals surface area contributed by atoms with E-state index in [1.807, 2.05) is 0 Å². The highest BCUT2D eigenvalue weighted by molar-refractivity contribution is 6.30. The minimum Gasteiger partial charge on any atom is -0.545 e. The third-order valence-corrected chi connectivity index (χ3v) is 1.87. The molecule has 78 valence electrons. The van der Waals surface area contributed by atoms with Crippen molar-refractivity contribution in [2.24, 2.45) is 0 Å². The zero-order valence-corrected chi connectivity index (χ0v) is 8.19. The van der Waals surface area contributed by atoms with Crippen molar-refractivity contribution in [1.29, 1.82) is 0 Å². The lowest BCUT2D eigenvalue weighted by molar-refractivity contribution is -0.255. The lowest BCUT2D eigenvalue weighted by Gasteiger charge is -2.06. The van der Waals surface area contributed by atoms with E-state index in [9.17, 15) is 14.7 Å². The van der Waals surface area contributed by atoms with Crippen LogP contribution < -0.4 is 5.11 Å². The first-order chi connectivity index (χ1) is 7.00. The van der Waals surface area contributed by atoms with Gasteiger partial charge in [0.25, 0.3) is 0 Å². The second-order valence-corrected chi connectivity index (χ2v) is 3.13. The smallest absolute Gasteiger partial charge is 0.328 e. The van der Waals surface area contributed by atoms with Crippen molar-refractivity contribution in [1.82, 2.24) is 0 Å². The van der Waals surface area contributed by atoms with Gasteiger partial charge in [0.15, 0.2) is 0 Å². The number of hydrogen-bond acceptors (Lipinski definition) is 3. The molecule has 0 amide bonds. The van der Waals surface area contributed by atoms with Crippen LogP contribution in [-0.4, -0.2) is 17.0 Å². The summed E-state index contributed by atoms with van der Waals surface area (Å²) in [6.07, 6.45) is 1.98. The normalized spacial score (nSPS) is 10.5. The zero-order valence-electron chi connectivity index (χ0n) is 7.44. The molecule has 1 rings (SSSR count). The van der Waals surface area contributed by atoms with Gasteiger partial charge in [0.05, 0.1) is 5.97 Å². The van der Waals surface area contributed by atoms with Gasteiger partial charge in [-0.05, 0) is 23.8 Å². The van der Waals surface area contributed by atoms with Crippen molar-refractivity contribution in [3.63, 3.8) is 0 Å². The largest absolute Gasteiger partial charge is 0.545 e. The van der Waals surface area contributed by atoms with Gasteiger partial charge in [0.2, 0.25) is 0 Å². The van der Waals surface area contributed by atoms with Crippen LogP contribution >= 0.6 is 11.6 Å². The highest BCUT2D eigenvalue weighted by Crippen LogP contribution is 2.17. The molecular formula is C10H6ClO4-. The molecule has 0 saturated heterocycles. The number of aliphatic carboxylic acids is 1. The number of benzene rings is 1. The second-order valence-electron chi connectivity index (χ2n) is 2.69. The molecule has 1 aromatic rings. The van der Waals surface area contributed by atoms with Crippen molar-refractivity contribution < 1.29 is 19.8 Å². The number of halogens is 1. The molecule has 0 aliphatic rings. The molecule has 1 aromatic carbocycles. The molecule has 0 fully saturated rings. The molecule has 4 nitrogen and oxygen atoms in total. The third kappa shape index (κ3) is 3.11. The van der Waals surface area contributed by atoms with Crippen LogP contribution in [0.3, 0.4) is 0 Å². The van der Waals surface area contributed by atoms with Crippen LogP contribution in [0, 0.1) is 0 Å². The van der Waals surface area contributed by atoms with Crippen LogP contribution in [0.2, 0.25) is 5.02 Å². The molecule has 1 N–H and O–H groups in total. The maximum Gasteiger partial charge on any atom is 0.328 e. The fourth-order valence-corrected chi connectivity index (χ4v) is 1.20. The fraction of sp³-hybridized carbons (Fsp3) is 0. The van der Waals surface area contributed by atoms with Crippen LogP contribution in [-0.2, 0) is 4.79 Å². The van der Waals surface area contributed by atoms with Crippen LogP contribution in [0.4, 0.5) is 0 Å². The quantitative estimate of drug-likeness (QED) is 0.772. The Morgan fingerprint density at radius 2 is 2.07 bits per heavy atom. The number of carboxylic acid groups (broad SMARTS) is 2. The summed E-state index contributed by atoms with van der Waals surface area (Å²) in [7, 11) is 0. The first kappa shape index (κ1) is 11.3. The highest BCUT2D eigenvalue weighted by Gasteiger charge is 2.01. The second kappa shape index (κ2) is 4.61. The zero-order chi connectivity index (χ0) is 11.4. The number of carbonyl (C=O) groups is 2. The number of carboxylic acids is 2. The average molecular weight is 226 g/mol. The molecule has 0 bridgehead atoms. The fourth-order valence-electron chi connectivity index (χ4n) is 1.02. The number of aromatic carboxylic acids is 1. The predicted molar refractivity (Wildman–Crippen MR) is 52.5 cm³/mol. The average Bonchev–Trinajstić information content (AvgIpc) is 2.14. The van der Waals surface area contributed by atoms with E-state index in [1.54, 1.807) is 0 Å². The maximum atomic E-state index is 10.6. The molecular weight excluding hydrogens is 220 g/mol. The van der Waals surface area contributed by atoms with Crippen molar-refractivity contribution in [3.8, 4) is 0 Å². The molecule has 0 aliphatic heterocycles. The van der Waals surface area contributed by atoms with E-state index in [0.29, 0.717) is 5.02 Å². The summed E-state index contributed by atoms with van der Waals surface area (Å²) in [5, 5.41) is 19.4. The summed E-state index contributed by atoms with van der Waals surface area (Å²) in [6.45, 7) is 0. The van der Waals surface area contributed by atoms with E-state index < -0.39 is 11.9 Å². The van der Waals surface area contributed by atoms with Gasteiger partial charge in [0.1, 0.15) is 0 Å². The number of carbonyl (C=O) groups excluding carboxylic acids is 1. The van der Waals surface area contributed by atoms with Crippen LogP contribution in [0.1, 0.15) is 15.9 Å². The molecule has 15 heavy (non-hydrogen) atoms. The van der Waals surface area contributed by atoms with Crippen LogP contribution in [0.15, 0.2) is 24.3 Å². The molecule has 0 unspecified atom stereocenters. The summed E-state index contributed by atoms with van der Waals surface area (Å²) < 4.78 is 0. The molecule has 0 spiro atoms. The van der Waals surface area contributed by atoms with Crippen LogP contribution in [0.5, 0.6) is 0 Å². The monoisotopic (exact) mass is 225 g/mol. The summed E-state index contributed by atoms with van der Waals surface area (Å²) >= 11 is 5.64. The van der Waals surface area contributed by atoms with Gasteiger partial charge >= 0.3 is 5.97 Å². The Balaban J connectivity index is 3.18. The van der Waals surface area contributed by atoms with Gasteiger partial charge in [-0.2, -0.15) is 0 Å². The first-order valence-corrected chi connectivity index (χ1v) is 4.30. The summed E-state index contributed by atoms with van der Waals surface area (Å²) in [5.41, 5.74) is 0.0989. The lowest BCUT2D eigenvalue weighted by atomic mass is 10.1.